The van der Waals surface area contributed by atoms with Crippen LogP contribution in [0.15, 0.2) is 0 Å². The Kier molecular flexibility index (Phi) is 1.60. The summed E-state index contributed by atoms with van der Waals surface area (Å²) >= 11 is 0. The number of hydrogen-bond acceptors (Lipinski definition) is 2. The van der Waals surface area contributed by atoms with Gasteiger partial charge in [0.2, 0.25) is 0 Å². The van der Waals surface area contributed by atoms with E-state index in [0.29, 0.717) is 13.1 Å². The molecule has 60 valence electrons. The number of hydrogen-bond donors (Lipinski definition) is 1. The topological polar surface area (TPSA) is 15.3 Å². The minimum absolute atomic E-state index is 0.0685. The Morgan fingerprint density at radius 2 is 1.80 bits per heavy atom. The molecule has 1 rings (SSSR count). The summed E-state index contributed by atoms with van der Waals surface area (Å²) in [6.07, 6.45) is 0. The molecule has 0 aromatic heterocycles. The van der Waals surface area contributed by atoms with Gasteiger partial charge < -0.3 is 5.32 Å². The molecule has 0 aliphatic carbocycles. The van der Waals surface area contributed by atoms with Crippen molar-refractivity contribution in [2.45, 2.75) is 26.3 Å². The van der Waals surface area contributed by atoms with Crippen molar-refractivity contribution in [2.24, 2.45) is 0 Å². The van der Waals surface area contributed by atoms with Crippen LogP contribution in [-0.2, 0) is 0 Å². The molecular formula is C8H18N2. The molecule has 0 radical (unpaired) electrons. The first-order chi connectivity index (χ1) is 5.43. The van der Waals surface area contributed by atoms with Crippen LogP contribution in [0.4, 0.5) is 0 Å². The Bertz CT molecular complexity index is 146. The van der Waals surface area contributed by atoms with Crippen LogP contribution in [0, 0.1) is 0 Å². The van der Waals surface area contributed by atoms with Gasteiger partial charge in [-0.3, -0.25) is 4.90 Å². The lowest BCUT2D eigenvalue weighted by molar-refractivity contribution is 0.119. The van der Waals surface area contributed by atoms with E-state index in [0.717, 1.165) is 0 Å². The standard InChI is InChI=1S/C8H18N2/c1-8(2,3)10-6-4-9-5-7-10/h9H,4-7H2,1-3H3/i6D,7D. The van der Waals surface area contributed by atoms with Crippen molar-refractivity contribution in [1.29, 1.82) is 0 Å². The summed E-state index contributed by atoms with van der Waals surface area (Å²) in [6, 6.07) is 0. The quantitative estimate of drug-likeness (QED) is 0.538. The third-order valence-electron chi connectivity index (χ3n) is 1.64. The molecule has 1 N–H and O–H groups in total. The minimum atomic E-state index is -0.277. The Labute approximate surface area is 66.4 Å². The van der Waals surface area contributed by atoms with Crippen molar-refractivity contribution in [1.82, 2.24) is 10.2 Å². The Morgan fingerprint density at radius 3 is 2.10 bits per heavy atom. The predicted octanol–water partition coefficient (Wildman–Crippen LogP) is 0.690. The summed E-state index contributed by atoms with van der Waals surface area (Å²) < 4.78 is 15.5. The van der Waals surface area contributed by atoms with Gasteiger partial charge in [0.05, 0.1) is 0 Å². The zero-order chi connectivity index (χ0) is 9.35. The van der Waals surface area contributed by atoms with E-state index in [1.807, 2.05) is 4.90 Å². The van der Waals surface area contributed by atoms with Crippen LogP contribution >= 0.6 is 0 Å². The lowest BCUT2D eigenvalue weighted by atomic mass is 10.1. The second-order valence-electron chi connectivity index (χ2n) is 3.60. The van der Waals surface area contributed by atoms with Gasteiger partial charge in [0, 0.05) is 34.4 Å². The summed E-state index contributed by atoms with van der Waals surface area (Å²) in [4.78, 5) is 1.93. The highest BCUT2D eigenvalue weighted by atomic mass is 15.2. The van der Waals surface area contributed by atoms with Crippen LogP contribution in [-0.4, -0.2) is 36.6 Å². The molecule has 2 nitrogen and oxygen atoms in total. The van der Waals surface area contributed by atoms with E-state index < -0.39 is 0 Å². The molecule has 1 heterocycles. The molecule has 10 heavy (non-hydrogen) atoms. The van der Waals surface area contributed by atoms with E-state index in [9.17, 15) is 0 Å². The number of piperazine rings is 1. The maximum absolute atomic E-state index is 7.76. The Hall–Kier alpha value is -0.0800. The maximum Gasteiger partial charge on any atom is 0.0444 e. The first kappa shape index (κ1) is 5.56. The van der Waals surface area contributed by atoms with Crippen LogP contribution < -0.4 is 5.32 Å². The van der Waals surface area contributed by atoms with E-state index in [1.165, 1.54) is 0 Å². The largest absolute Gasteiger partial charge is 0.314 e. The SMILES string of the molecule is [2H]C1CNCC([2H])N1C(C)(C)C. The number of nitrogens with one attached hydrogen (secondary N) is 1. The molecule has 2 atom stereocenters. The molecule has 0 spiro atoms. The molecule has 0 bridgehead atoms. The summed E-state index contributed by atoms with van der Waals surface area (Å²) in [5, 5.41) is 3.07. The van der Waals surface area contributed by atoms with Crippen molar-refractivity contribution in [3.05, 3.63) is 0 Å². The summed E-state index contributed by atoms with van der Waals surface area (Å²) in [5.41, 5.74) is -0.0685. The normalized spacial score (nSPS) is 40.7. The highest BCUT2D eigenvalue weighted by Gasteiger charge is 2.21. The summed E-state index contributed by atoms with van der Waals surface area (Å²) in [7, 11) is 0. The van der Waals surface area contributed by atoms with Crippen LogP contribution in [0.25, 0.3) is 0 Å². The van der Waals surface area contributed by atoms with Gasteiger partial charge in [-0.1, -0.05) is 0 Å². The van der Waals surface area contributed by atoms with Crippen molar-refractivity contribution in [3.8, 4) is 0 Å². The maximum atomic E-state index is 7.76. The fourth-order valence-corrected chi connectivity index (χ4v) is 1.03. The lowest BCUT2D eigenvalue weighted by Gasteiger charge is -2.38. The lowest BCUT2D eigenvalue weighted by Crippen LogP contribution is -2.51. The van der Waals surface area contributed by atoms with Gasteiger partial charge >= 0.3 is 0 Å². The monoisotopic (exact) mass is 144 g/mol. The minimum Gasteiger partial charge on any atom is -0.314 e. The molecule has 1 saturated heterocycles. The van der Waals surface area contributed by atoms with Crippen LogP contribution in [0.3, 0.4) is 0 Å². The molecule has 2 heteroatoms. The van der Waals surface area contributed by atoms with Crippen molar-refractivity contribution in [3.63, 3.8) is 0 Å². The molecule has 0 saturated carbocycles. The summed E-state index contributed by atoms with van der Waals surface area (Å²) in [5.74, 6) is 0. The zero-order valence-corrected chi connectivity index (χ0v) is 7.02. The molecular weight excluding hydrogens is 124 g/mol. The second kappa shape index (κ2) is 2.89. The van der Waals surface area contributed by atoms with Gasteiger partial charge in [0.15, 0.2) is 0 Å². The molecule has 1 fully saturated rings. The average molecular weight is 144 g/mol. The van der Waals surface area contributed by atoms with E-state index in [1.54, 1.807) is 0 Å². The summed E-state index contributed by atoms with van der Waals surface area (Å²) in [6.45, 7) is 6.96. The number of nitrogens with zero attached hydrogens (tertiary/aromatic N) is 1. The van der Waals surface area contributed by atoms with Crippen molar-refractivity contribution < 1.29 is 2.74 Å². The molecule has 1 aliphatic rings. The molecule has 0 aromatic rings. The Balaban J connectivity index is 2.69. The van der Waals surface area contributed by atoms with Gasteiger partial charge in [0.25, 0.3) is 0 Å². The van der Waals surface area contributed by atoms with Gasteiger partial charge in [-0.2, -0.15) is 0 Å². The highest BCUT2D eigenvalue weighted by Crippen LogP contribution is 2.12. The smallest absolute Gasteiger partial charge is 0.0444 e. The third-order valence-corrected chi connectivity index (χ3v) is 1.64. The molecule has 2 unspecified atom stereocenters. The fourth-order valence-electron chi connectivity index (χ4n) is 1.03. The van der Waals surface area contributed by atoms with Crippen LogP contribution in [0.2, 0.25) is 0 Å². The van der Waals surface area contributed by atoms with E-state index >= 15 is 0 Å². The first-order valence-corrected chi connectivity index (χ1v) is 3.76. The van der Waals surface area contributed by atoms with Crippen LogP contribution in [0.1, 0.15) is 23.5 Å². The van der Waals surface area contributed by atoms with Crippen LogP contribution in [0.5, 0.6) is 0 Å². The van der Waals surface area contributed by atoms with Crippen molar-refractivity contribution in [2.75, 3.05) is 26.1 Å². The zero-order valence-electron chi connectivity index (χ0n) is 9.02. The van der Waals surface area contributed by atoms with Gasteiger partial charge in [-0.25, -0.2) is 0 Å². The van der Waals surface area contributed by atoms with E-state index in [2.05, 4.69) is 26.1 Å². The van der Waals surface area contributed by atoms with Gasteiger partial charge in [-0.05, 0) is 20.8 Å². The van der Waals surface area contributed by atoms with Gasteiger partial charge in [0.1, 0.15) is 0 Å². The highest BCUT2D eigenvalue weighted by molar-refractivity contribution is 4.79. The molecule has 0 aromatic carbocycles. The predicted molar refractivity (Wildman–Crippen MR) is 44.2 cm³/mol. The van der Waals surface area contributed by atoms with Crippen molar-refractivity contribution >= 4 is 0 Å². The first-order valence-electron chi connectivity index (χ1n) is 4.92. The third kappa shape index (κ3) is 1.96. The average Bonchev–Trinajstić information content (AvgIpc) is 1.82. The second-order valence-corrected chi connectivity index (χ2v) is 3.60. The Morgan fingerprint density at radius 1 is 1.30 bits per heavy atom. The molecule has 1 aliphatic heterocycles. The molecule has 0 amide bonds. The number of rotatable bonds is 0. The fraction of sp³-hybridized carbons (Fsp3) is 1.00. The van der Waals surface area contributed by atoms with Gasteiger partial charge in [-0.15, -0.1) is 0 Å². The van der Waals surface area contributed by atoms with E-state index in [-0.39, 0.29) is 18.6 Å². The van der Waals surface area contributed by atoms with E-state index in [4.69, 9.17) is 2.74 Å².